The van der Waals surface area contributed by atoms with E-state index in [2.05, 4.69) is 20.4 Å². The minimum atomic E-state index is 0.828. The third-order valence-corrected chi connectivity index (χ3v) is 3.82. The normalized spacial score (nSPS) is 52.4. The van der Waals surface area contributed by atoms with Gasteiger partial charge >= 0.3 is 0 Å². The molecule has 0 amide bonds. The first-order valence-electron chi connectivity index (χ1n) is 4.40. The quantitative estimate of drug-likeness (QED) is 0.449. The van der Waals surface area contributed by atoms with Crippen LogP contribution in [0.2, 0.25) is 0 Å². The van der Waals surface area contributed by atoms with E-state index in [0.29, 0.717) is 0 Å². The van der Waals surface area contributed by atoms with Crippen molar-refractivity contribution in [3.63, 3.8) is 0 Å². The van der Waals surface area contributed by atoms with Gasteiger partial charge in [-0.05, 0) is 36.5 Å². The molecule has 0 aromatic carbocycles. The van der Waals surface area contributed by atoms with Crippen molar-refractivity contribution in [3.8, 4) is 0 Å². The van der Waals surface area contributed by atoms with Crippen molar-refractivity contribution < 1.29 is 0 Å². The van der Waals surface area contributed by atoms with Crippen molar-refractivity contribution in [1.82, 2.24) is 0 Å². The molecule has 2 aliphatic rings. The molecule has 2 saturated carbocycles. The monoisotopic (exact) mass is 136 g/mol. The standard InChI is InChI=1S/C10H16/c1-6-7(2)10-5-4-9(6)8(10)3/h7-10H,1,4-5H2,2-3H3. The Hall–Kier alpha value is -0.260. The van der Waals surface area contributed by atoms with E-state index < -0.39 is 0 Å². The summed E-state index contributed by atoms with van der Waals surface area (Å²) < 4.78 is 0. The lowest BCUT2D eigenvalue weighted by atomic mass is 9.87. The largest absolute Gasteiger partial charge is 0.0993 e. The fourth-order valence-electron chi connectivity index (χ4n) is 3.04. The van der Waals surface area contributed by atoms with Gasteiger partial charge < -0.3 is 0 Å². The van der Waals surface area contributed by atoms with Crippen molar-refractivity contribution in [2.24, 2.45) is 23.7 Å². The Labute approximate surface area is 63.3 Å². The van der Waals surface area contributed by atoms with Crippen molar-refractivity contribution in [2.45, 2.75) is 26.7 Å². The first-order chi connectivity index (χ1) is 4.72. The van der Waals surface area contributed by atoms with E-state index in [1.807, 2.05) is 0 Å². The summed E-state index contributed by atoms with van der Waals surface area (Å²) >= 11 is 0. The summed E-state index contributed by atoms with van der Waals surface area (Å²) in [6.45, 7) is 8.92. The average Bonchev–Trinajstić information content (AvgIpc) is 2.34. The van der Waals surface area contributed by atoms with Crippen LogP contribution in [0.5, 0.6) is 0 Å². The molecule has 0 aromatic heterocycles. The summed E-state index contributed by atoms with van der Waals surface area (Å²) in [6, 6.07) is 0. The second-order valence-electron chi connectivity index (χ2n) is 4.07. The molecule has 10 heavy (non-hydrogen) atoms. The summed E-state index contributed by atoms with van der Waals surface area (Å²) in [4.78, 5) is 0. The number of rotatable bonds is 0. The predicted molar refractivity (Wildman–Crippen MR) is 43.7 cm³/mol. The lowest BCUT2D eigenvalue weighted by molar-refractivity contribution is 0.380. The Kier molecular flexibility index (Phi) is 1.21. The number of fused-ring (bicyclic) bond motifs is 2. The zero-order valence-corrected chi connectivity index (χ0v) is 6.93. The molecule has 0 spiro atoms. The van der Waals surface area contributed by atoms with Crippen LogP contribution >= 0.6 is 0 Å². The van der Waals surface area contributed by atoms with E-state index in [0.717, 1.165) is 23.7 Å². The topological polar surface area (TPSA) is 0 Å². The van der Waals surface area contributed by atoms with Gasteiger partial charge in [0.15, 0.2) is 0 Å². The minimum Gasteiger partial charge on any atom is -0.0993 e. The van der Waals surface area contributed by atoms with Crippen LogP contribution in [0, 0.1) is 23.7 Å². The molecule has 2 rings (SSSR count). The van der Waals surface area contributed by atoms with Crippen molar-refractivity contribution in [2.75, 3.05) is 0 Å². The molecule has 0 heteroatoms. The molecule has 0 nitrogen and oxygen atoms in total. The van der Waals surface area contributed by atoms with E-state index in [9.17, 15) is 0 Å². The summed E-state index contributed by atoms with van der Waals surface area (Å²) in [5.41, 5.74) is 1.55. The first-order valence-corrected chi connectivity index (χ1v) is 4.40. The molecule has 0 aliphatic heterocycles. The average molecular weight is 136 g/mol. The maximum absolute atomic E-state index is 4.17. The number of hydrogen-bond donors (Lipinski definition) is 0. The van der Waals surface area contributed by atoms with Crippen LogP contribution in [0.15, 0.2) is 12.2 Å². The van der Waals surface area contributed by atoms with Gasteiger partial charge in [-0.25, -0.2) is 0 Å². The minimum absolute atomic E-state index is 0.828. The van der Waals surface area contributed by atoms with E-state index in [1.54, 1.807) is 5.57 Å². The zero-order chi connectivity index (χ0) is 7.30. The number of hydrogen-bond acceptors (Lipinski definition) is 0. The van der Waals surface area contributed by atoms with E-state index >= 15 is 0 Å². The predicted octanol–water partition coefficient (Wildman–Crippen LogP) is 2.85. The van der Waals surface area contributed by atoms with Gasteiger partial charge in [-0.15, -0.1) is 0 Å². The second kappa shape index (κ2) is 1.87. The lowest BCUT2D eigenvalue weighted by Gasteiger charge is -2.19. The molecule has 0 heterocycles. The van der Waals surface area contributed by atoms with Crippen LogP contribution in [0.1, 0.15) is 26.7 Å². The van der Waals surface area contributed by atoms with Gasteiger partial charge in [0.25, 0.3) is 0 Å². The Balaban J connectivity index is 2.29. The van der Waals surface area contributed by atoms with E-state index in [1.165, 1.54) is 12.8 Å². The number of allylic oxidation sites excluding steroid dienone is 1. The van der Waals surface area contributed by atoms with Crippen molar-refractivity contribution >= 4 is 0 Å². The molecular weight excluding hydrogens is 120 g/mol. The summed E-state index contributed by atoms with van der Waals surface area (Å²) in [5, 5.41) is 0. The molecule has 2 bridgehead atoms. The van der Waals surface area contributed by atoms with E-state index in [-0.39, 0.29) is 0 Å². The fourth-order valence-corrected chi connectivity index (χ4v) is 3.04. The molecule has 2 aliphatic carbocycles. The molecule has 2 fully saturated rings. The van der Waals surface area contributed by atoms with Crippen LogP contribution in [-0.2, 0) is 0 Å². The van der Waals surface area contributed by atoms with Crippen molar-refractivity contribution in [1.29, 1.82) is 0 Å². The summed E-state index contributed by atoms with van der Waals surface area (Å²) in [6.07, 6.45) is 2.89. The van der Waals surface area contributed by atoms with Gasteiger partial charge in [0.1, 0.15) is 0 Å². The molecule has 0 aromatic rings. The maximum atomic E-state index is 4.17. The third-order valence-electron chi connectivity index (χ3n) is 3.82. The third kappa shape index (κ3) is 0.574. The van der Waals surface area contributed by atoms with Gasteiger partial charge in [0, 0.05) is 0 Å². The molecule has 0 radical (unpaired) electrons. The molecule has 0 saturated heterocycles. The summed E-state index contributed by atoms with van der Waals surface area (Å²) in [5.74, 6) is 3.65. The van der Waals surface area contributed by atoms with Crippen LogP contribution in [0.3, 0.4) is 0 Å². The highest BCUT2D eigenvalue weighted by Crippen LogP contribution is 2.54. The highest BCUT2D eigenvalue weighted by atomic mass is 14.5. The highest BCUT2D eigenvalue weighted by Gasteiger charge is 2.45. The molecular formula is C10H16. The second-order valence-corrected chi connectivity index (χ2v) is 4.07. The zero-order valence-electron chi connectivity index (χ0n) is 6.93. The smallest absolute Gasteiger partial charge is 0.0174 e. The highest BCUT2D eigenvalue weighted by molar-refractivity contribution is 5.18. The Bertz CT molecular complexity index is 169. The Morgan fingerprint density at radius 3 is 2.30 bits per heavy atom. The fraction of sp³-hybridized carbons (Fsp3) is 0.800. The van der Waals surface area contributed by atoms with Crippen molar-refractivity contribution in [3.05, 3.63) is 12.2 Å². The van der Waals surface area contributed by atoms with Gasteiger partial charge in [-0.3, -0.25) is 0 Å². The van der Waals surface area contributed by atoms with E-state index in [4.69, 9.17) is 0 Å². The Morgan fingerprint density at radius 2 is 2.00 bits per heavy atom. The first kappa shape index (κ1) is 6.45. The van der Waals surface area contributed by atoms with Gasteiger partial charge in [0.2, 0.25) is 0 Å². The molecule has 4 atom stereocenters. The van der Waals surface area contributed by atoms with Crippen LogP contribution in [-0.4, -0.2) is 0 Å². The van der Waals surface area contributed by atoms with Gasteiger partial charge in [0.05, 0.1) is 0 Å². The molecule has 4 unspecified atom stereocenters. The maximum Gasteiger partial charge on any atom is -0.0174 e. The Morgan fingerprint density at radius 1 is 1.30 bits per heavy atom. The van der Waals surface area contributed by atoms with Crippen LogP contribution < -0.4 is 0 Å². The van der Waals surface area contributed by atoms with Gasteiger partial charge in [-0.2, -0.15) is 0 Å². The molecule has 56 valence electrons. The molecule has 0 N–H and O–H groups in total. The SMILES string of the molecule is C=C1C(C)C2CCC1C2C. The van der Waals surface area contributed by atoms with Crippen LogP contribution in [0.4, 0.5) is 0 Å². The van der Waals surface area contributed by atoms with Crippen LogP contribution in [0.25, 0.3) is 0 Å². The van der Waals surface area contributed by atoms with Gasteiger partial charge in [-0.1, -0.05) is 26.0 Å². The summed E-state index contributed by atoms with van der Waals surface area (Å²) in [7, 11) is 0. The lowest BCUT2D eigenvalue weighted by Crippen LogP contribution is -2.08.